The summed E-state index contributed by atoms with van der Waals surface area (Å²) in [4.78, 5) is 14.3. The van der Waals surface area contributed by atoms with Gasteiger partial charge in [0.05, 0.1) is 0 Å². The predicted octanol–water partition coefficient (Wildman–Crippen LogP) is 3.55. The molecular weight excluding hydrogens is 264 g/mol. The third-order valence-corrected chi connectivity index (χ3v) is 4.50. The SMILES string of the molecule is CCC(NCC1CCCCN1C(=O)OC(C)(C)C)C1CC1. The van der Waals surface area contributed by atoms with Crippen LogP contribution in [0.1, 0.15) is 66.2 Å². The van der Waals surface area contributed by atoms with Crippen LogP contribution >= 0.6 is 0 Å². The van der Waals surface area contributed by atoms with Gasteiger partial charge in [-0.3, -0.25) is 0 Å². The fourth-order valence-electron chi connectivity index (χ4n) is 3.20. The van der Waals surface area contributed by atoms with Gasteiger partial charge < -0.3 is 15.0 Å². The molecule has 1 aliphatic carbocycles. The van der Waals surface area contributed by atoms with Crippen LogP contribution in [-0.4, -0.2) is 41.8 Å². The lowest BCUT2D eigenvalue weighted by atomic mass is 10.0. The second-order valence-electron chi connectivity index (χ2n) is 7.58. The van der Waals surface area contributed by atoms with E-state index in [-0.39, 0.29) is 6.09 Å². The molecule has 0 aromatic carbocycles. The largest absolute Gasteiger partial charge is 0.444 e. The standard InChI is InChI=1S/C17H32N2O2/c1-5-15(13-9-10-13)18-12-14-8-6-7-11-19(14)16(20)21-17(2,3)4/h13-15,18H,5-12H2,1-4H3. The fraction of sp³-hybridized carbons (Fsp3) is 0.941. The number of carbonyl (C=O) groups excluding carboxylic acids is 1. The molecule has 1 heterocycles. The molecule has 0 aromatic heterocycles. The summed E-state index contributed by atoms with van der Waals surface area (Å²) in [5, 5.41) is 3.70. The number of carbonyl (C=O) groups is 1. The molecular formula is C17H32N2O2. The molecule has 4 heteroatoms. The molecule has 21 heavy (non-hydrogen) atoms. The third-order valence-electron chi connectivity index (χ3n) is 4.50. The molecule has 1 saturated heterocycles. The van der Waals surface area contributed by atoms with Gasteiger partial charge in [-0.25, -0.2) is 4.79 Å². The Bertz CT molecular complexity index is 347. The molecule has 122 valence electrons. The van der Waals surface area contributed by atoms with Crippen molar-refractivity contribution in [1.29, 1.82) is 0 Å². The van der Waals surface area contributed by atoms with E-state index in [0.29, 0.717) is 12.1 Å². The minimum absolute atomic E-state index is 0.145. The number of nitrogens with one attached hydrogen (secondary N) is 1. The Kier molecular flexibility index (Phi) is 5.53. The molecule has 0 radical (unpaired) electrons. The van der Waals surface area contributed by atoms with Gasteiger partial charge in [-0.05, 0) is 65.2 Å². The summed E-state index contributed by atoms with van der Waals surface area (Å²) in [5.74, 6) is 0.869. The van der Waals surface area contributed by atoms with Crippen molar-refractivity contribution < 1.29 is 9.53 Å². The number of hydrogen-bond donors (Lipinski definition) is 1. The number of amides is 1. The van der Waals surface area contributed by atoms with Gasteiger partial charge in [0.15, 0.2) is 0 Å². The molecule has 1 amide bonds. The van der Waals surface area contributed by atoms with Crippen molar-refractivity contribution in [2.24, 2.45) is 5.92 Å². The minimum Gasteiger partial charge on any atom is -0.444 e. The Morgan fingerprint density at radius 3 is 2.57 bits per heavy atom. The molecule has 1 N–H and O–H groups in total. The Labute approximate surface area is 129 Å². The monoisotopic (exact) mass is 296 g/mol. The van der Waals surface area contributed by atoms with Crippen LogP contribution in [0.25, 0.3) is 0 Å². The molecule has 0 aromatic rings. The average molecular weight is 296 g/mol. The van der Waals surface area contributed by atoms with Crippen LogP contribution in [0.2, 0.25) is 0 Å². The van der Waals surface area contributed by atoms with Crippen molar-refractivity contribution in [3.63, 3.8) is 0 Å². The number of ether oxygens (including phenoxy) is 1. The Hall–Kier alpha value is -0.770. The molecule has 1 aliphatic heterocycles. The van der Waals surface area contributed by atoms with Crippen LogP contribution in [0.4, 0.5) is 4.79 Å². The summed E-state index contributed by atoms with van der Waals surface area (Å²) in [6.45, 7) is 9.80. The zero-order chi connectivity index (χ0) is 15.5. The fourth-order valence-corrected chi connectivity index (χ4v) is 3.20. The first-order valence-corrected chi connectivity index (χ1v) is 8.63. The Balaban J connectivity index is 1.87. The van der Waals surface area contributed by atoms with Crippen molar-refractivity contribution in [2.75, 3.05) is 13.1 Å². The smallest absolute Gasteiger partial charge is 0.410 e. The summed E-state index contributed by atoms with van der Waals surface area (Å²) in [5.41, 5.74) is -0.410. The van der Waals surface area contributed by atoms with E-state index in [1.807, 2.05) is 25.7 Å². The zero-order valence-electron chi connectivity index (χ0n) is 14.2. The molecule has 2 rings (SSSR count). The molecule has 2 aliphatic rings. The lowest BCUT2D eigenvalue weighted by Gasteiger charge is -2.37. The van der Waals surface area contributed by atoms with E-state index in [9.17, 15) is 4.79 Å². The first-order chi connectivity index (χ1) is 9.90. The summed E-state index contributed by atoms with van der Waals surface area (Å²) in [6, 6.07) is 0.925. The summed E-state index contributed by atoms with van der Waals surface area (Å²) in [6.07, 6.45) is 7.17. The van der Waals surface area contributed by atoms with Gasteiger partial charge in [0.25, 0.3) is 0 Å². The number of nitrogens with zero attached hydrogens (tertiary/aromatic N) is 1. The van der Waals surface area contributed by atoms with Crippen molar-refractivity contribution >= 4 is 6.09 Å². The number of rotatable bonds is 5. The van der Waals surface area contributed by atoms with Crippen molar-refractivity contribution in [2.45, 2.75) is 83.9 Å². The molecule has 4 nitrogen and oxygen atoms in total. The van der Waals surface area contributed by atoms with Gasteiger partial charge in [0, 0.05) is 25.2 Å². The van der Waals surface area contributed by atoms with Crippen LogP contribution < -0.4 is 5.32 Å². The molecule has 0 bridgehead atoms. The van der Waals surface area contributed by atoms with E-state index in [4.69, 9.17) is 4.74 Å². The normalized spacial score (nSPS) is 24.8. The highest BCUT2D eigenvalue weighted by Crippen LogP contribution is 2.34. The lowest BCUT2D eigenvalue weighted by molar-refractivity contribution is 0.00957. The number of likely N-dealkylation sites (tertiary alicyclic amines) is 1. The van der Waals surface area contributed by atoms with Gasteiger partial charge >= 0.3 is 6.09 Å². The van der Waals surface area contributed by atoms with Crippen molar-refractivity contribution in [3.05, 3.63) is 0 Å². The molecule has 0 spiro atoms. The van der Waals surface area contributed by atoms with Crippen LogP contribution in [0, 0.1) is 5.92 Å². The van der Waals surface area contributed by atoms with Gasteiger partial charge in [-0.15, -0.1) is 0 Å². The maximum Gasteiger partial charge on any atom is 0.410 e. The predicted molar refractivity (Wildman–Crippen MR) is 85.4 cm³/mol. The highest BCUT2D eigenvalue weighted by molar-refractivity contribution is 5.68. The van der Waals surface area contributed by atoms with Gasteiger partial charge in [-0.1, -0.05) is 6.92 Å². The van der Waals surface area contributed by atoms with E-state index >= 15 is 0 Å². The highest BCUT2D eigenvalue weighted by atomic mass is 16.6. The lowest BCUT2D eigenvalue weighted by Crippen LogP contribution is -2.51. The Morgan fingerprint density at radius 1 is 1.29 bits per heavy atom. The summed E-state index contributed by atoms with van der Waals surface area (Å²) in [7, 11) is 0. The van der Waals surface area contributed by atoms with E-state index in [1.54, 1.807) is 0 Å². The maximum absolute atomic E-state index is 12.4. The second kappa shape index (κ2) is 6.99. The number of piperidine rings is 1. The van der Waals surface area contributed by atoms with Crippen molar-refractivity contribution in [3.8, 4) is 0 Å². The minimum atomic E-state index is -0.410. The van der Waals surface area contributed by atoms with Gasteiger partial charge in [0.1, 0.15) is 5.60 Å². The molecule has 1 saturated carbocycles. The topological polar surface area (TPSA) is 41.6 Å². The Morgan fingerprint density at radius 2 is 2.00 bits per heavy atom. The quantitative estimate of drug-likeness (QED) is 0.843. The van der Waals surface area contributed by atoms with Crippen LogP contribution in [-0.2, 0) is 4.74 Å². The summed E-state index contributed by atoms with van der Waals surface area (Å²) < 4.78 is 5.56. The van der Waals surface area contributed by atoms with Crippen LogP contribution in [0.15, 0.2) is 0 Å². The van der Waals surface area contributed by atoms with Gasteiger partial charge in [-0.2, -0.15) is 0 Å². The molecule has 2 fully saturated rings. The van der Waals surface area contributed by atoms with Gasteiger partial charge in [0.2, 0.25) is 0 Å². The highest BCUT2D eigenvalue weighted by Gasteiger charge is 2.33. The number of hydrogen-bond acceptors (Lipinski definition) is 3. The van der Waals surface area contributed by atoms with E-state index in [1.165, 1.54) is 25.7 Å². The third kappa shape index (κ3) is 5.17. The van der Waals surface area contributed by atoms with Crippen LogP contribution in [0.5, 0.6) is 0 Å². The maximum atomic E-state index is 12.4. The average Bonchev–Trinajstić information content (AvgIpc) is 3.22. The zero-order valence-corrected chi connectivity index (χ0v) is 14.2. The van der Waals surface area contributed by atoms with E-state index in [0.717, 1.165) is 31.8 Å². The summed E-state index contributed by atoms with van der Waals surface area (Å²) >= 11 is 0. The van der Waals surface area contributed by atoms with E-state index < -0.39 is 5.60 Å². The molecule has 2 atom stereocenters. The molecule has 2 unspecified atom stereocenters. The van der Waals surface area contributed by atoms with Crippen molar-refractivity contribution in [1.82, 2.24) is 10.2 Å². The second-order valence-corrected chi connectivity index (χ2v) is 7.58. The van der Waals surface area contributed by atoms with Crippen LogP contribution in [0.3, 0.4) is 0 Å². The first kappa shape index (κ1) is 16.6. The van der Waals surface area contributed by atoms with E-state index in [2.05, 4.69) is 12.2 Å². The first-order valence-electron chi connectivity index (χ1n) is 8.63.